The summed E-state index contributed by atoms with van der Waals surface area (Å²) in [5, 5.41) is 15.8. The lowest BCUT2D eigenvalue weighted by molar-refractivity contribution is 0.102. The number of anilines is 1. The molecule has 114 valence electrons. The molecule has 3 N–H and O–H groups in total. The Morgan fingerprint density at radius 1 is 1.48 bits per heavy atom. The van der Waals surface area contributed by atoms with Crippen molar-refractivity contribution in [1.82, 2.24) is 20.5 Å². The van der Waals surface area contributed by atoms with Gasteiger partial charge in [0.05, 0.1) is 5.69 Å². The van der Waals surface area contributed by atoms with Crippen LogP contribution in [0.25, 0.3) is 0 Å². The number of carbonyl (C=O) groups excluding carboxylic acids is 1. The molecule has 0 saturated carbocycles. The number of rotatable bonds is 3. The summed E-state index contributed by atoms with van der Waals surface area (Å²) in [6.07, 6.45) is 0.879. The summed E-state index contributed by atoms with van der Waals surface area (Å²) in [5.74, 6) is 0.162. The van der Waals surface area contributed by atoms with Gasteiger partial charge in [-0.3, -0.25) is 15.2 Å². The number of hydrogen-bond acceptors (Lipinski definition) is 5. The fraction of sp³-hybridized carbons (Fsp3) is 0.462. The molecule has 0 atom stereocenters. The van der Waals surface area contributed by atoms with E-state index in [4.69, 9.17) is 0 Å². The molecule has 1 aliphatic rings. The smallest absolute Gasteiger partial charge is 0.278 e. The SMILES string of the molecule is CC(C)c1csc(NC(=O)c2n[nH]c3c2CNCC3)n1.Cl. The third kappa shape index (κ3) is 3.25. The van der Waals surface area contributed by atoms with Crippen LogP contribution in [0.1, 0.15) is 47.2 Å². The first-order valence-electron chi connectivity index (χ1n) is 6.68. The van der Waals surface area contributed by atoms with E-state index in [0.717, 1.165) is 29.9 Å². The van der Waals surface area contributed by atoms with Crippen molar-refractivity contribution in [2.24, 2.45) is 0 Å². The molecule has 0 aliphatic carbocycles. The van der Waals surface area contributed by atoms with Gasteiger partial charge in [0.15, 0.2) is 10.8 Å². The number of nitrogens with zero attached hydrogens (tertiary/aromatic N) is 2. The quantitative estimate of drug-likeness (QED) is 0.808. The van der Waals surface area contributed by atoms with Gasteiger partial charge in [0, 0.05) is 36.1 Å². The van der Waals surface area contributed by atoms with Crippen LogP contribution in [0.5, 0.6) is 0 Å². The second kappa shape index (κ2) is 6.55. The number of aromatic nitrogens is 3. The minimum Gasteiger partial charge on any atom is -0.312 e. The van der Waals surface area contributed by atoms with Crippen molar-refractivity contribution in [2.75, 3.05) is 11.9 Å². The molecular formula is C13H18ClN5OS. The Kier molecular flexibility index (Phi) is 4.97. The predicted molar refractivity (Wildman–Crippen MR) is 85.4 cm³/mol. The van der Waals surface area contributed by atoms with E-state index in [2.05, 4.69) is 39.7 Å². The molecule has 0 spiro atoms. The van der Waals surface area contributed by atoms with Crippen molar-refractivity contribution >= 4 is 34.8 Å². The monoisotopic (exact) mass is 327 g/mol. The van der Waals surface area contributed by atoms with Crippen molar-refractivity contribution in [1.29, 1.82) is 0 Å². The van der Waals surface area contributed by atoms with Gasteiger partial charge in [-0.05, 0) is 5.92 Å². The predicted octanol–water partition coefficient (Wildman–Crippen LogP) is 2.31. The highest BCUT2D eigenvalue weighted by Gasteiger charge is 2.22. The van der Waals surface area contributed by atoms with Crippen LogP contribution in [0.4, 0.5) is 5.13 Å². The third-order valence-electron chi connectivity index (χ3n) is 3.36. The van der Waals surface area contributed by atoms with Gasteiger partial charge in [-0.15, -0.1) is 23.7 Å². The summed E-state index contributed by atoms with van der Waals surface area (Å²) in [6.45, 7) is 5.76. The second-order valence-electron chi connectivity index (χ2n) is 5.14. The largest absolute Gasteiger partial charge is 0.312 e. The van der Waals surface area contributed by atoms with Gasteiger partial charge in [-0.2, -0.15) is 5.10 Å². The molecule has 0 radical (unpaired) electrons. The summed E-state index contributed by atoms with van der Waals surface area (Å²) < 4.78 is 0. The molecule has 3 rings (SSSR count). The Hall–Kier alpha value is -1.44. The lowest BCUT2D eigenvalue weighted by Gasteiger charge is -2.12. The number of carbonyl (C=O) groups is 1. The molecule has 3 heterocycles. The van der Waals surface area contributed by atoms with E-state index in [-0.39, 0.29) is 18.3 Å². The molecule has 2 aromatic heterocycles. The topological polar surface area (TPSA) is 82.7 Å². The normalized spacial score (nSPS) is 13.7. The minimum atomic E-state index is -0.198. The molecular weight excluding hydrogens is 310 g/mol. The average molecular weight is 328 g/mol. The van der Waals surface area contributed by atoms with E-state index in [1.165, 1.54) is 11.3 Å². The van der Waals surface area contributed by atoms with E-state index in [0.29, 0.717) is 23.3 Å². The Morgan fingerprint density at radius 3 is 3.00 bits per heavy atom. The molecule has 0 unspecified atom stereocenters. The van der Waals surface area contributed by atoms with Crippen LogP contribution in [0.3, 0.4) is 0 Å². The van der Waals surface area contributed by atoms with Crippen LogP contribution >= 0.6 is 23.7 Å². The highest BCUT2D eigenvalue weighted by atomic mass is 35.5. The number of nitrogens with one attached hydrogen (secondary N) is 3. The summed E-state index contributed by atoms with van der Waals surface area (Å²) in [6, 6.07) is 0. The van der Waals surface area contributed by atoms with E-state index in [9.17, 15) is 4.79 Å². The molecule has 8 heteroatoms. The van der Waals surface area contributed by atoms with Gasteiger partial charge in [0.2, 0.25) is 0 Å². The van der Waals surface area contributed by atoms with Crippen molar-refractivity contribution in [3.05, 3.63) is 28.0 Å². The standard InChI is InChI=1S/C13H17N5OS.ClH/c1-7(2)10-6-20-13(15-10)16-12(19)11-8-5-14-4-3-9(8)17-18-11;/h6-7,14H,3-5H2,1-2H3,(H,17,18)(H,15,16,19);1H. The molecule has 2 aromatic rings. The zero-order chi connectivity index (χ0) is 14.1. The van der Waals surface area contributed by atoms with Crippen molar-refractivity contribution in [3.63, 3.8) is 0 Å². The zero-order valence-corrected chi connectivity index (χ0v) is 13.5. The average Bonchev–Trinajstić information content (AvgIpc) is 3.04. The Bertz CT molecular complexity index is 636. The first kappa shape index (κ1) is 15.9. The molecule has 21 heavy (non-hydrogen) atoms. The fourth-order valence-corrected chi connectivity index (χ4v) is 3.05. The minimum absolute atomic E-state index is 0. The van der Waals surface area contributed by atoms with Crippen LogP contribution in [0.15, 0.2) is 5.38 Å². The number of H-pyrrole nitrogens is 1. The number of halogens is 1. The van der Waals surface area contributed by atoms with Gasteiger partial charge in [-0.25, -0.2) is 4.98 Å². The number of amides is 1. The maximum atomic E-state index is 12.3. The lowest BCUT2D eigenvalue weighted by Crippen LogP contribution is -2.25. The summed E-state index contributed by atoms with van der Waals surface area (Å²) in [4.78, 5) is 16.7. The van der Waals surface area contributed by atoms with Crippen LogP contribution in [0, 0.1) is 0 Å². The van der Waals surface area contributed by atoms with Gasteiger partial charge in [0.25, 0.3) is 5.91 Å². The first-order chi connectivity index (χ1) is 9.65. The van der Waals surface area contributed by atoms with Crippen molar-refractivity contribution in [2.45, 2.75) is 32.7 Å². The Labute approximate surface area is 133 Å². The van der Waals surface area contributed by atoms with E-state index in [1.807, 2.05) is 5.38 Å². The van der Waals surface area contributed by atoms with E-state index in [1.54, 1.807) is 0 Å². The third-order valence-corrected chi connectivity index (χ3v) is 4.13. The highest BCUT2D eigenvalue weighted by molar-refractivity contribution is 7.14. The fourth-order valence-electron chi connectivity index (χ4n) is 2.18. The van der Waals surface area contributed by atoms with Gasteiger partial charge in [-0.1, -0.05) is 13.8 Å². The molecule has 0 aromatic carbocycles. The molecule has 0 fully saturated rings. The molecule has 1 amide bonds. The van der Waals surface area contributed by atoms with Crippen molar-refractivity contribution < 1.29 is 4.79 Å². The van der Waals surface area contributed by atoms with E-state index < -0.39 is 0 Å². The van der Waals surface area contributed by atoms with E-state index >= 15 is 0 Å². The number of thiazole rings is 1. The van der Waals surface area contributed by atoms with Crippen LogP contribution in [0.2, 0.25) is 0 Å². The summed E-state index contributed by atoms with van der Waals surface area (Å²) in [5.41, 5.74) is 3.48. The summed E-state index contributed by atoms with van der Waals surface area (Å²) >= 11 is 1.44. The second-order valence-corrected chi connectivity index (χ2v) is 6.00. The molecule has 6 nitrogen and oxygen atoms in total. The van der Waals surface area contributed by atoms with Gasteiger partial charge in [0.1, 0.15) is 0 Å². The number of hydrogen-bond donors (Lipinski definition) is 3. The molecule has 1 aliphatic heterocycles. The summed E-state index contributed by atoms with van der Waals surface area (Å²) in [7, 11) is 0. The molecule has 0 saturated heterocycles. The van der Waals surface area contributed by atoms with Crippen LogP contribution in [-0.4, -0.2) is 27.6 Å². The zero-order valence-electron chi connectivity index (χ0n) is 11.9. The maximum absolute atomic E-state index is 12.3. The van der Waals surface area contributed by atoms with Crippen LogP contribution < -0.4 is 10.6 Å². The lowest BCUT2D eigenvalue weighted by atomic mass is 10.1. The number of aromatic amines is 1. The highest BCUT2D eigenvalue weighted by Crippen LogP contribution is 2.23. The maximum Gasteiger partial charge on any atom is 0.278 e. The van der Waals surface area contributed by atoms with Gasteiger partial charge < -0.3 is 5.32 Å². The first-order valence-corrected chi connectivity index (χ1v) is 7.56. The molecule has 0 bridgehead atoms. The Morgan fingerprint density at radius 2 is 2.29 bits per heavy atom. The van der Waals surface area contributed by atoms with Crippen molar-refractivity contribution in [3.8, 4) is 0 Å². The van der Waals surface area contributed by atoms with Crippen LogP contribution in [-0.2, 0) is 13.0 Å². The number of fused-ring (bicyclic) bond motifs is 1. The Balaban J connectivity index is 0.00000161. The van der Waals surface area contributed by atoms with Gasteiger partial charge >= 0.3 is 0 Å².